The Kier molecular flexibility index (Phi) is 1.54. The molecule has 0 radical (unpaired) electrons. The van der Waals surface area contributed by atoms with Gasteiger partial charge in [0.25, 0.3) is 0 Å². The summed E-state index contributed by atoms with van der Waals surface area (Å²) in [6.07, 6.45) is 0.0506. The van der Waals surface area contributed by atoms with Crippen LogP contribution in [0.4, 0.5) is 0 Å². The van der Waals surface area contributed by atoms with E-state index in [0.29, 0.717) is 11.5 Å². The van der Waals surface area contributed by atoms with E-state index in [1.54, 1.807) is 0 Å². The number of ether oxygens (including phenoxy) is 1. The first-order valence-electron chi connectivity index (χ1n) is 3.23. The minimum absolute atomic E-state index is 0.0506. The maximum Gasteiger partial charge on any atom is 0.216 e. The fraction of sp³-hybridized carbons (Fsp3) is 0.571. The van der Waals surface area contributed by atoms with Crippen LogP contribution in [0.1, 0.15) is 13.8 Å². The average Bonchev–Trinajstić information content (AvgIpc) is 2.17. The molecule has 1 aliphatic heterocycles. The highest BCUT2D eigenvalue weighted by Crippen LogP contribution is 2.26. The van der Waals surface area contributed by atoms with Gasteiger partial charge in [0.05, 0.1) is 5.70 Å². The van der Waals surface area contributed by atoms with E-state index < -0.39 is 0 Å². The Hall–Kier alpha value is -1.17. The number of hydrogen-bond donors (Lipinski definition) is 1. The first-order valence-corrected chi connectivity index (χ1v) is 3.23. The molecule has 1 aliphatic rings. The van der Waals surface area contributed by atoms with Gasteiger partial charge in [-0.05, 0) is 6.92 Å². The minimum Gasteiger partial charge on any atom is -0.479 e. The third-order valence-corrected chi connectivity index (χ3v) is 1.86. The maximum atomic E-state index is 8.46. The highest BCUT2D eigenvalue weighted by Gasteiger charge is 2.27. The fourth-order valence-electron chi connectivity index (χ4n) is 0.907. The third kappa shape index (κ3) is 0.820. The van der Waals surface area contributed by atoms with Gasteiger partial charge in [-0.25, -0.2) is 0 Å². The second-order valence-corrected chi connectivity index (χ2v) is 2.51. The molecule has 3 nitrogen and oxygen atoms in total. The normalized spacial score (nSPS) is 31.7. The molecule has 10 heavy (non-hydrogen) atoms. The number of rotatable bonds is 0. The Balaban J connectivity index is 2.86. The molecule has 0 aromatic heterocycles. The molecule has 1 rings (SSSR count). The zero-order valence-electron chi connectivity index (χ0n) is 6.09. The predicted octanol–water partition coefficient (Wildman–Crippen LogP) is 0.735. The summed E-state index contributed by atoms with van der Waals surface area (Å²) in [6, 6.07) is 1.91. The van der Waals surface area contributed by atoms with Crippen molar-refractivity contribution >= 4 is 0 Å². The van der Waals surface area contributed by atoms with Crippen LogP contribution in [0.15, 0.2) is 11.5 Å². The molecule has 0 saturated heterocycles. The van der Waals surface area contributed by atoms with Gasteiger partial charge in [0.2, 0.25) is 5.76 Å². The van der Waals surface area contributed by atoms with Crippen LogP contribution in [-0.2, 0) is 4.74 Å². The van der Waals surface area contributed by atoms with Gasteiger partial charge < -0.3 is 10.5 Å². The maximum absolute atomic E-state index is 8.46. The van der Waals surface area contributed by atoms with Crippen LogP contribution in [0, 0.1) is 17.2 Å². The lowest BCUT2D eigenvalue weighted by molar-refractivity contribution is 0.143. The molecular formula is C7H10N2O. The highest BCUT2D eigenvalue weighted by atomic mass is 16.5. The summed E-state index contributed by atoms with van der Waals surface area (Å²) < 4.78 is 5.13. The van der Waals surface area contributed by atoms with Crippen LogP contribution < -0.4 is 5.73 Å². The topological polar surface area (TPSA) is 59.0 Å². The van der Waals surface area contributed by atoms with Gasteiger partial charge in [0.1, 0.15) is 12.2 Å². The van der Waals surface area contributed by atoms with Crippen LogP contribution >= 0.6 is 0 Å². The first-order chi connectivity index (χ1) is 4.66. The minimum atomic E-state index is 0.0506. The zero-order chi connectivity index (χ0) is 7.72. The van der Waals surface area contributed by atoms with Crippen LogP contribution in [0.2, 0.25) is 0 Å². The number of hydrogen-bond acceptors (Lipinski definition) is 3. The smallest absolute Gasteiger partial charge is 0.216 e. The van der Waals surface area contributed by atoms with Crippen molar-refractivity contribution in [2.45, 2.75) is 20.0 Å². The molecular weight excluding hydrogens is 128 g/mol. The van der Waals surface area contributed by atoms with Crippen molar-refractivity contribution in [3.8, 4) is 6.07 Å². The van der Waals surface area contributed by atoms with E-state index in [0.717, 1.165) is 0 Å². The molecule has 2 unspecified atom stereocenters. The average molecular weight is 138 g/mol. The van der Waals surface area contributed by atoms with Gasteiger partial charge in [-0.1, -0.05) is 6.92 Å². The van der Waals surface area contributed by atoms with Crippen molar-refractivity contribution in [2.75, 3.05) is 0 Å². The van der Waals surface area contributed by atoms with Gasteiger partial charge in [-0.2, -0.15) is 5.26 Å². The van der Waals surface area contributed by atoms with Crippen LogP contribution in [0.25, 0.3) is 0 Å². The summed E-state index contributed by atoms with van der Waals surface area (Å²) in [5, 5.41) is 8.46. The summed E-state index contributed by atoms with van der Waals surface area (Å²) in [5.74, 6) is 0.467. The highest BCUT2D eigenvalue weighted by molar-refractivity contribution is 5.26. The molecule has 1 heterocycles. The molecule has 54 valence electrons. The molecule has 0 spiro atoms. The lowest BCUT2D eigenvalue weighted by Crippen LogP contribution is -2.14. The first kappa shape index (κ1) is 6.94. The lowest BCUT2D eigenvalue weighted by atomic mass is 10.1. The van der Waals surface area contributed by atoms with Crippen molar-refractivity contribution < 1.29 is 4.74 Å². The summed E-state index contributed by atoms with van der Waals surface area (Å²) in [7, 11) is 0. The Morgan fingerprint density at radius 3 is 2.40 bits per heavy atom. The van der Waals surface area contributed by atoms with E-state index in [1.807, 2.05) is 19.9 Å². The Bertz CT molecular complexity index is 214. The monoisotopic (exact) mass is 138 g/mol. The Morgan fingerprint density at radius 1 is 1.60 bits per heavy atom. The standard InChI is InChI=1S/C7H10N2O/c1-4-5(2)10-6(3-8)7(4)9/h4-5H,9H2,1-2H3. The van der Waals surface area contributed by atoms with Gasteiger partial charge in [0, 0.05) is 5.92 Å². The van der Waals surface area contributed by atoms with E-state index >= 15 is 0 Å². The Morgan fingerprint density at radius 2 is 2.20 bits per heavy atom. The number of nitrogens with two attached hydrogens (primary N) is 1. The fourth-order valence-corrected chi connectivity index (χ4v) is 0.907. The summed E-state index contributed by atoms with van der Waals surface area (Å²) in [4.78, 5) is 0. The van der Waals surface area contributed by atoms with Gasteiger partial charge in [0.15, 0.2) is 0 Å². The molecule has 0 fully saturated rings. The summed E-state index contributed by atoms with van der Waals surface area (Å²) in [6.45, 7) is 3.85. The number of nitrogens with zero attached hydrogens (tertiary/aromatic N) is 1. The molecule has 0 aromatic rings. The number of nitriles is 1. The number of allylic oxidation sites excluding steroid dienone is 1. The van der Waals surface area contributed by atoms with E-state index in [-0.39, 0.29) is 12.0 Å². The Labute approximate surface area is 60.1 Å². The molecule has 2 atom stereocenters. The zero-order valence-corrected chi connectivity index (χ0v) is 6.09. The predicted molar refractivity (Wildman–Crippen MR) is 36.5 cm³/mol. The second-order valence-electron chi connectivity index (χ2n) is 2.51. The van der Waals surface area contributed by atoms with Crippen molar-refractivity contribution in [3.63, 3.8) is 0 Å². The van der Waals surface area contributed by atoms with Gasteiger partial charge in [-0.3, -0.25) is 0 Å². The summed E-state index contributed by atoms with van der Waals surface area (Å²) in [5.41, 5.74) is 6.13. The molecule has 0 aromatic carbocycles. The van der Waals surface area contributed by atoms with Crippen LogP contribution in [0.5, 0.6) is 0 Å². The molecule has 0 saturated carbocycles. The second kappa shape index (κ2) is 2.22. The molecule has 0 bridgehead atoms. The van der Waals surface area contributed by atoms with Crippen LogP contribution in [-0.4, -0.2) is 6.10 Å². The summed E-state index contributed by atoms with van der Waals surface area (Å²) >= 11 is 0. The molecule has 2 N–H and O–H groups in total. The quantitative estimate of drug-likeness (QED) is 0.537. The van der Waals surface area contributed by atoms with E-state index in [1.165, 1.54) is 0 Å². The van der Waals surface area contributed by atoms with E-state index in [9.17, 15) is 0 Å². The van der Waals surface area contributed by atoms with Crippen molar-refractivity contribution in [3.05, 3.63) is 11.5 Å². The van der Waals surface area contributed by atoms with Crippen LogP contribution in [0.3, 0.4) is 0 Å². The van der Waals surface area contributed by atoms with Crippen molar-refractivity contribution in [1.82, 2.24) is 0 Å². The molecule has 3 heteroatoms. The third-order valence-electron chi connectivity index (χ3n) is 1.86. The van der Waals surface area contributed by atoms with E-state index in [2.05, 4.69) is 0 Å². The van der Waals surface area contributed by atoms with Gasteiger partial charge in [-0.15, -0.1) is 0 Å². The van der Waals surface area contributed by atoms with Crippen molar-refractivity contribution in [1.29, 1.82) is 5.26 Å². The van der Waals surface area contributed by atoms with E-state index in [4.69, 9.17) is 15.7 Å². The SMILES string of the molecule is CC1OC(C#N)=C(N)C1C. The molecule has 0 amide bonds. The van der Waals surface area contributed by atoms with Crippen molar-refractivity contribution in [2.24, 2.45) is 11.7 Å². The molecule has 0 aliphatic carbocycles. The largest absolute Gasteiger partial charge is 0.479 e. The van der Waals surface area contributed by atoms with Gasteiger partial charge >= 0.3 is 0 Å². The lowest BCUT2D eigenvalue weighted by Gasteiger charge is -2.07.